The van der Waals surface area contributed by atoms with Crippen LogP contribution >= 0.6 is 0 Å². The lowest BCUT2D eigenvalue weighted by Crippen LogP contribution is -2.31. The molecule has 0 saturated heterocycles. The van der Waals surface area contributed by atoms with E-state index < -0.39 is 0 Å². The number of hydrogen-bond donors (Lipinski definition) is 1. The normalized spacial score (nSPS) is 11.7. The van der Waals surface area contributed by atoms with Gasteiger partial charge in [0.2, 0.25) is 0 Å². The van der Waals surface area contributed by atoms with Crippen LogP contribution in [0.25, 0.3) is 10.9 Å². The minimum Gasteiger partial charge on any atom is -0.352 e. The molecular formula is C17H26N2O2. The monoisotopic (exact) mass is 290 g/mol. The highest BCUT2D eigenvalue weighted by molar-refractivity contribution is 5.85. The van der Waals surface area contributed by atoms with E-state index in [1.165, 1.54) is 22.2 Å². The van der Waals surface area contributed by atoms with Gasteiger partial charge in [0.1, 0.15) is 0 Å². The molecule has 1 aromatic carbocycles. The first kappa shape index (κ1) is 16.0. The zero-order valence-electron chi connectivity index (χ0n) is 13.5. The molecule has 0 amide bonds. The number of para-hydroxylation sites is 1. The van der Waals surface area contributed by atoms with Crippen LogP contribution in [-0.2, 0) is 23.1 Å². The maximum Gasteiger partial charge on any atom is 0.169 e. The highest BCUT2D eigenvalue weighted by atomic mass is 16.7. The van der Waals surface area contributed by atoms with Gasteiger partial charge in [0.25, 0.3) is 0 Å². The van der Waals surface area contributed by atoms with Crippen LogP contribution in [0.1, 0.15) is 25.1 Å². The van der Waals surface area contributed by atoms with Gasteiger partial charge in [-0.2, -0.15) is 0 Å². The molecular weight excluding hydrogens is 264 g/mol. The third-order valence-electron chi connectivity index (χ3n) is 3.82. The van der Waals surface area contributed by atoms with Crippen LogP contribution in [0.2, 0.25) is 0 Å². The topological polar surface area (TPSA) is 35.4 Å². The molecule has 0 aliphatic heterocycles. The van der Waals surface area contributed by atoms with Crippen molar-refractivity contribution in [2.24, 2.45) is 7.05 Å². The van der Waals surface area contributed by atoms with Gasteiger partial charge < -0.3 is 19.4 Å². The minimum atomic E-state index is -0.171. The van der Waals surface area contributed by atoms with Gasteiger partial charge in [-0.15, -0.1) is 0 Å². The Hall–Kier alpha value is -1.36. The Morgan fingerprint density at radius 3 is 2.43 bits per heavy atom. The summed E-state index contributed by atoms with van der Waals surface area (Å²) >= 11 is 0. The molecule has 0 fully saturated rings. The lowest BCUT2D eigenvalue weighted by Gasteiger charge is -2.17. The summed E-state index contributed by atoms with van der Waals surface area (Å²) in [5.41, 5.74) is 3.92. The van der Waals surface area contributed by atoms with Gasteiger partial charge in [0.05, 0.1) is 0 Å². The number of hydrogen-bond acceptors (Lipinski definition) is 3. The van der Waals surface area contributed by atoms with Crippen molar-refractivity contribution in [3.8, 4) is 0 Å². The van der Waals surface area contributed by atoms with Crippen molar-refractivity contribution < 1.29 is 9.47 Å². The van der Waals surface area contributed by atoms with E-state index in [0.29, 0.717) is 19.8 Å². The van der Waals surface area contributed by atoms with Gasteiger partial charge in [0.15, 0.2) is 6.29 Å². The van der Waals surface area contributed by atoms with Gasteiger partial charge in [-0.3, -0.25) is 0 Å². The fourth-order valence-electron chi connectivity index (χ4n) is 2.73. The lowest BCUT2D eigenvalue weighted by molar-refractivity contribution is -0.133. The molecule has 0 bridgehead atoms. The molecule has 0 unspecified atom stereocenters. The van der Waals surface area contributed by atoms with Crippen molar-refractivity contribution in [2.75, 3.05) is 19.8 Å². The van der Waals surface area contributed by atoms with Gasteiger partial charge in [-0.25, -0.2) is 0 Å². The molecule has 0 atom stereocenters. The Bertz CT molecular complexity index is 532. The molecule has 1 N–H and O–H groups in total. The van der Waals surface area contributed by atoms with Crippen molar-refractivity contribution >= 4 is 10.9 Å². The van der Waals surface area contributed by atoms with E-state index in [-0.39, 0.29) is 6.29 Å². The molecule has 0 saturated carbocycles. The quantitative estimate of drug-likeness (QED) is 0.759. The summed E-state index contributed by atoms with van der Waals surface area (Å²) in [5.74, 6) is 0. The Labute approximate surface area is 127 Å². The number of aromatic nitrogens is 1. The second-order valence-electron chi connectivity index (χ2n) is 5.12. The number of ether oxygens (including phenoxy) is 2. The van der Waals surface area contributed by atoms with Crippen LogP contribution in [0.3, 0.4) is 0 Å². The highest BCUT2D eigenvalue weighted by Crippen LogP contribution is 2.24. The maximum absolute atomic E-state index is 5.55. The molecule has 4 nitrogen and oxygen atoms in total. The minimum absolute atomic E-state index is 0.171. The van der Waals surface area contributed by atoms with Crippen LogP contribution in [0, 0.1) is 6.92 Å². The summed E-state index contributed by atoms with van der Waals surface area (Å²) in [5, 5.41) is 4.77. The summed E-state index contributed by atoms with van der Waals surface area (Å²) in [6, 6.07) is 8.51. The fourth-order valence-corrected chi connectivity index (χ4v) is 2.73. The Kier molecular flexibility index (Phi) is 5.79. The summed E-state index contributed by atoms with van der Waals surface area (Å²) in [6.07, 6.45) is -0.171. The summed E-state index contributed by atoms with van der Waals surface area (Å²) < 4.78 is 13.4. The van der Waals surface area contributed by atoms with Gasteiger partial charge in [-0.05, 0) is 32.4 Å². The zero-order chi connectivity index (χ0) is 15.2. The molecule has 116 valence electrons. The van der Waals surface area contributed by atoms with Crippen molar-refractivity contribution in [3.05, 3.63) is 35.5 Å². The van der Waals surface area contributed by atoms with Crippen LogP contribution in [0.15, 0.2) is 24.3 Å². The van der Waals surface area contributed by atoms with Crippen LogP contribution in [-0.4, -0.2) is 30.6 Å². The van der Waals surface area contributed by atoms with Crippen molar-refractivity contribution in [2.45, 2.75) is 33.6 Å². The van der Waals surface area contributed by atoms with Crippen molar-refractivity contribution in [1.82, 2.24) is 9.88 Å². The Balaban J connectivity index is 2.03. The largest absolute Gasteiger partial charge is 0.352 e. The molecule has 4 heteroatoms. The van der Waals surface area contributed by atoms with Crippen LogP contribution in [0.5, 0.6) is 0 Å². The lowest BCUT2D eigenvalue weighted by atomic mass is 10.1. The predicted molar refractivity (Wildman–Crippen MR) is 86.4 cm³/mol. The van der Waals surface area contributed by atoms with Gasteiger partial charge in [-0.1, -0.05) is 18.2 Å². The van der Waals surface area contributed by atoms with E-state index in [0.717, 1.165) is 6.54 Å². The molecule has 1 aromatic heterocycles. The average molecular weight is 290 g/mol. The fraction of sp³-hybridized carbons (Fsp3) is 0.529. The smallest absolute Gasteiger partial charge is 0.169 e. The molecule has 0 radical (unpaired) electrons. The number of rotatable bonds is 8. The first-order chi connectivity index (χ1) is 10.2. The van der Waals surface area contributed by atoms with Crippen molar-refractivity contribution in [1.29, 1.82) is 0 Å². The van der Waals surface area contributed by atoms with Gasteiger partial charge >= 0.3 is 0 Å². The number of nitrogens with zero attached hydrogens (tertiary/aromatic N) is 1. The van der Waals surface area contributed by atoms with E-state index in [1.807, 2.05) is 13.8 Å². The first-order valence-electron chi connectivity index (χ1n) is 7.65. The second kappa shape index (κ2) is 7.59. The molecule has 1 heterocycles. The van der Waals surface area contributed by atoms with Crippen LogP contribution in [0.4, 0.5) is 0 Å². The molecule has 2 aromatic rings. The van der Waals surface area contributed by atoms with Gasteiger partial charge in [0, 0.05) is 49.9 Å². The number of benzene rings is 1. The first-order valence-corrected chi connectivity index (χ1v) is 7.65. The van der Waals surface area contributed by atoms with Crippen molar-refractivity contribution in [3.63, 3.8) is 0 Å². The second-order valence-corrected chi connectivity index (χ2v) is 5.12. The summed E-state index contributed by atoms with van der Waals surface area (Å²) in [4.78, 5) is 0. The predicted octanol–water partition coefficient (Wildman–Crippen LogP) is 2.98. The number of fused-ring (bicyclic) bond motifs is 1. The Morgan fingerprint density at radius 2 is 1.81 bits per heavy atom. The van der Waals surface area contributed by atoms with E-state index in [4.69, 9.17) is 9.47 Å². The van der Waals surface area contributed by atoms with E-state index in [9.17, 15) is 0 Å². The number of aryl methyl sites for hydroxylation is 2. The SMILES string of the molecule is CCOC(CNCc1c(C)c2ccccc2n1C)OCC. The third-order valence-corrected chi connectivity index (χ3v) is 3.82. The van der Waals surface area contributed by atoms with E-state index in [2.05, 4.69) is 48.1 Å². The molecule has 0 aliphatic rings. The Morgan fingerprint density at radius 1 is 1.14 bits per heavy atom. The average Bonchev–Trinajstić information content (AvgIpc) is 2.73. The zero-order valence-corrected chi connectivity index (χ0v) is 13.5. The molecule has 0 spiro atoms. The molecule has 2 rings (SSSR count). The number of nitrogens with one attached hydrogen (secondary N) is 1. The molecule has 0 aliphatic carbocycles. The highest BCUT2D eigenvalue weighted by Gasteiger charge is 2.12. The summed E-state index contributed by atoms with van der Waals surface area (Å²) in [6.45, 7) is 9.00. The summed E-state index contributed by atoms with van der Waals surface area (Å²) in [7, 11) is 2.12. The van der Waals surface area contributed by atoms with E-state index >= 15 is 0 Å². The maximum atomic E-state index is 5.55. The standard InChI is InChI=1S/C17H26N2O2/c1-5-20-17(21-6-2)12-18-11-16-13(3)14-9-7-8-10-15(14)19(16)4/h7-10,17-18H,5-6,11-12H2,1-4H3. The van der Waals surface area contributed by atoms with E-state index in [1.54, 1.807) is 0 Å². The third kappa shape index (κ3) is 3.64. The molecule has 21 heavy (non-hydrogen) atoms. The van der Waals surface area contributed by atoms with Crippen LogP contribution < -0.4 is 5.32 Å².